The molecule has 1 N–H and O–H groups in total. The highest BCUT2D eigenvalue weighted by atomic mass is 32.1. The summed E-state index contributed by atoms with van der Waals surface area (Å²) in [6.07, 6.45) is 6.78. The van der Waals surface area contributed by atoms with E-state index in [1.807, 2.05) is 16.7 Å². The van der Waals surface area contributed by atoms with E-state index in [9.17, 15) is 0 Å². The van der Waals surface area contributed by atoms with E-state index in [0.29, 0.717) is 4.77 Å². The fourth-order valence-corrected chi connectivity index (χ4v) is 2.16. The molecule has 0 unspecified atom stereocenters. The maximum absolute atomic E-state index is 5.28. The van der Waals surface area contributed by atoms with E-state index >= 15 is 0 Å². The lowest BCUT2D eigenvalue weighted by Gasteiger charge is -2.06. The van der Waals surface area contributed by atoms with Crippen LogP contribution in [0, 0.1) is 4.77 Å². The topological polar surface area (TPSA) is 55.7 Å². The molecule has 0 saturated carbocycles. The van der Waals surface area contributed by atoms with E-state index in [2.05, 4.69) is 15.2 Å². The van der Waals surface area contributed by atoms with Crippen LogP contribution in [0.2, 0.25) is 0 Å². The molecule has 0 aromatic carbocycles. The Morgan fingerprint density at radius 1 is 1.26 bits per heavy atom. The molecule has 0 aliphatic heterocycles. The SMILES string of the molecule is COCCCCCn1c(-c2ccncc2)n[nH]c1=S. The van der Waals surface area contributed by atoms with E-state index < -0.39 is 0 Å². The number of ether oxygens (including phenoxy) is 1. The van der Waals surface area contributed by atoms with Crippen LogP contribution < -0.4 is 0 Å². The first kappa shape index (κ1) is 13.9. The highest BCUT2D eigenvalue weighted by Crippen LogP contribution is 2.16. The van der Waals surface area contributed by atoms with Gasteiger partial charge in [0.2, 0.25) is 0 Å². The molecule has 19 heavy (non-hydrogen) atoms. The van der Waals surface area contributed by atoms with Crippen molar-refractivity contribution in [3.8, 4) is 11.4 Å². The summed E-state index contributed by atoms with van der Waals surface area (Å²) in [6, 6.07) is 3.87. The zero-order valence-corrected chi connectivity index (χ0v) is 11.8. The van der Waals surface area contributed by atoms with Crippen LogP contribution in [-0.2, 0) is 11.3 Å². The highest BCUT2D eigenvalue weighted by Gasteiger charge is 2.07. The molecule has 0 bridgehead atoms. The third kappa shape index (κ3) is 3.71. The van der Waals surface area contributed by atoms with Gasteiger partial charge in [0, 0.05) is 38.2 Å². The van der Waals surface area contributed by atoms with Gasteiger partial charge in [-0.15, -0.1) is 0 Å². The summed E-state index contributed by atoms with van der Waals surface area (Å²) in [5.74, 6) is 0.874. The van der Waals surface area contributed by atoms with Gasteiger partial charge >= 0.3 is 0 Å². The molecule has 0 amide bonds. The molecular formula is C13H18N4OS. The van der Waals surface area contributed by atoms with Gasteiger partial charge in [0.25, 0.3) is 0 Å². The third-order valence-electron chi connectivity index (χ3n) is 2.93. The number of aromatic nitrogens is 4. The largest absolute Gasteiger partial charge is 0.385 e. The molecule has 0 radical (unpaired) electrons. The lowest BCUT2D eigenvalue weighted by Crippen LogP contribution is -2.02. The van der Waals surface area contributed by atoms with Gasteiger partial charge in [0.15, 0.2) is 10.6 Å². The van der Waals surface area contributed by atoms with Crippen LogP contribution in [0.15, 0.2) is 24.5 Å². The molecule has 2 rings (SSSR count). The molecule has 0 aliphatic carbocycles. The Hall–Kier alpha value is -1.53. The minimum absolute atomic E-state index is 0.665. The van der Waals surface area contributed by atoms with Gasteiger partial charge in [-0.25, -0.2) is 0 Å². The highest BCUT2D eigenvalue weighted by molar-refractivity contribution is 7.71. The Bertz CT molecular complexity index is 549. The number of rotatable bonds is 7. The van der Waals surface area contributed by atoms with Crippen molar-refractivity contribution in [2.24, 2.45) is 0 Å². The Balaban J connectivity index is 2.04. The summed E-state index contributed by atoms with van der Waals surface area (Å²) in [5.41, 5.74) is 1.03. The zero-order chi connectivity index (χ0) is 13.5. The molecule has 0 saturated heterocycles. The van der Waals surface area contributed by atoms with Crippen LogP contribution >= 0.6 is 12.2 Å². The lowest BCUT2D eigenvalue weighted by atomic mass is 10.2. The number of methoxy groups -OCH3 is 1. The van der Waals surface area contributed by atoms with Crippen LogP contribution in [0.3, 0.4) is 0 Å². The van der Waals surface area contributed by atoms with Gasteiger partial charge in [-0.1, -0.05) is 0 Å². The second-order valence-electron chi connectivity index (χ2n) is 4.29. The second-order valence-corrected chi connectivity index (χ2v) is 4.68. The Kier molecular flexibility index (Phi) is 5.23. The number of nitrogens with zero attached hydrogens (tertiary/aromatic N) is 3. The number of aromatic amines is 1. The molecule has 5 nitrogen and oxygen atoms in total. The van der Waals surface area contributed by atoms with Crippen molar-refractivity contribution in [1.29, 1.82) is 0 Å². The van der Waals surface area contributed by atoms with Gasteiger partial charge < -0.3 is 9.30 Å². The van der Waals surface area contributed by atoms with Gasteiger partial charge in [-0.3, -0.25) is 10.1 Å². The molecule has 6 heteroatoms. The molecule has 0 aliphatic rings. The van der Waals surface area contributed by atoms with Crippen LogP contribution in [0.5, 0.6) is 0 Å². The second kappa shape index (κ2) is 7.16. The lowest BCUT2D eigenvalue weighted by molar-refractivity contribution is 0.191. The molecule has 2 aromatic rings. The van der Waals surface area contributed by atoms with Gasteiger partial charge in [-0.2, -0.15) is 5.10 Å². The van der Waals surface area contributed by atoms with E-state index in [4.69, 9.17) is 17.0 Å². The first-order valence-corrected chi connectivity index (χ1v) is 6.78. The summed E-state index contributed by atoms with van der Waals surface area (Å²) in [5, 5.41) is 7.15. The van der Waals surface area contributed by atoms with Crippen LogP contribution in [0.1, 0.15) is 19.3 Å². The van der Waals surface area contributed by atoms with E-state index in [-0.39, 0.29) is 0 Å². The minimum atomic E-state index is 0.665. The van der Waals surface area contributed by atoms with E-state index in [0.717, 1.165) is 43.8 Å². The van der Waals surface area contributed by atoms with Crippen molar-refractivity contribution >= 4 is 12.2 Å². The first-order valence-electron chi connectivity index (χ1n) is 6.37. The molecule has 2 aromatic heterocycles. The van der Waals surface area contributed by atoms with Crippen molar-refractivity contribution in [2.75, 3.05) is 13.7 Å². The number of hydrogen-bond donors (Lipinski definition) is 1. The number of hydrogen-bond acceptors (Lipinski definition) is 4. The summed E-state index contributed by atoms with van der Waals surface area (Å²) in [7, 11) is 1.73. The fourth-order valence-electron chi connectivity index (χ4n) is 1.94. The predicted octanol–water partition coefficient (Wildman–Crippen LogP) is 2.82. The standard InChI is InChI=1S/C13H18N4OS/c1-18-10-4-2-3-9-17-12(15-16-13(17)19)11-5-7-14-8-6-11/h5-8H,2-4,9-10H2,1H3,(H,16,19). The number of H-pyrrole nitrogens is 1. The van der Waals surface area contributed by atoms with Gasteiger partial charge in [0.05, 0.1) is 0 Å². The van der Waals surface area contributed by atoms with Crippen molar-refractivity contribution in [3.63, 3.8) is 0 Å². The molecule has 0 fully saturated rings. The van der Waals surface area contributed by atoms with Crippen molar-refractivity contribution in [3.05, 3.63) is 29.3 Å². The predicted molar refractivity (Wildman–Crippen MR) is 76.4 cm³/mol. The average molecular weight is 278 g/mol. The van der Waals surface area contributed by atoms with Crippen LogP contribution in [0.25, 0.3) is 11.4 Å². The molecular weight excluding hydrogens is 260 g/mol. The minimum Gasteiger partial charge on any atom is -0.385 e. The number of unbranched alkanes of at least 4 members (excludes halogenated alkanes) is 2. The summed E-state index contributed by atoms with van der Waals surface area (Å²) in [4.78, 5) is 4.02. The van der Waals surface area contributed by atoms with Gasteiger partial charge in [-0.05, 0) is 43.6 Å². The van der Waals surface area contributed by atoms with Crippen LogP contribution in [0.4, 0.5) is 0 Å². The van der Waals surface area contributed by atoms with Crippen molar-refractivity contribution in [2.45, 2.75) is 25.8 Å². The average Bonchev–Trinajstić information content (AvgIpc) is 2.81. The first-order chi connectivity index (χ1) is 9.33. The Labute approximate surface area is 117 Å². The zero-order valence-electron chi connectivity index (χ0n) is 11.0. The normalized spacial score (nSPS) is 10.8. The van der Waals surface area contributed by atoms with Crippen molar-refractivity contribution in [1.82, 2.24) is 19.7 Å². The monoisotopic (exact) mass is 278 g/mol. The number of pyridine rings is 1. The number of nitrogens with one attached hydrogen (secondary N) is 1. The maximum atomic E-state index is 5.28. The molecule has 2 heterocycles. The maximum Gasteiger partial charge on any atom is 0.195 e. The summed E-state index contributed by atoms with van der Waals surface area (Å²) < 4.78 is 7.75. The van der Waals surface area contributed by atoms with E-state index in [1.54, 1.807) is 19.5 Å². The molecule has 0 atom stereocenters. The Morgan fingerprint density at radius 2 is 2.05 bits per heavy atom. The van der Waals surface area contributed by atoms with Gasteiger partial charge in [0.1, 0.15) is 0 Å². The Morgan fingerprint density at radius 3 is 2.79 bits per heavy atom. The van der Waals surface area contributed by atoms with Crippen LogP contribution in [-0.4, -0.2) is 33.5 Å². The van der Waals surface area contributed by atoms with Crippen molar-refractivity contribution < 1.29 is 4.74 Å². The quantitative estimate of drug-likeness (QED) is 0.625. The van der Waals surface area contributed by atoms with E-state index in [1.165, 1.54) is 0 Å². The fraction of sp³-hybridized carbons (Fsp3) is 0.462. The summed E-state index contributed by atoms with van der Waals surface area (Å²) >= 11 is 5.28. The smallest absolute Gasteiger partial charge is 0.195 e. The third-order valence-corrected chi connectivity index (χ3v) is 3.24. The molecule has 102 valence electrons. The molecule has 0 spiro atoms. The summed E-state index contributed by atoms with van der Waals surface area (Å²) in [6.45, 7) is 1.69.